The van der Waals surface area contributed by atoms with Gasteiger partial charge in [-0.25, -0.2) is 0 Å². The maximum atomic E-state index is 12.3. The predicted molar refractivity (Wildman–Crippen MR) is 95.9 cm³/mol. The number of amides is 1. The molecule has 23 heavy (non-hydrogen) atoms. The number of rotatable bonds is 2. The average Bonchev–Trinajstić information content (AvgIpc) is 3.07. The van der Waals surface area contributed by atoms with E-state index in [1.165, 1.54) is 0 Å². The summed E-state index contributed by atoms with van der Waals surface area (Å²) in [6.07, 6.45) is 0. The molecule has 2 nitrogen and oxygen atoms in total. The minimum Gasteiger partial charge on any atom is -0.322 e. The minimum atomic E-state index is -0.114. The molecule has 0 saturated carbocycles. The lowest BCUT2D eigenvalue weighted by atomic mass is 10.1. The Kier molecular flexibility index (Phi) is 4.56. The van der Waals surface area contributed by atoms with Crippen LogP contribution in [0, 0.1) is 18.8 Å². The van der Waals surface area contributed by atoms with Crippen LogP contribution < -0.4 is 5.32 Å². The molecule has 0 unspecified atom stereocenters. The van der Waals surface area contributed by atoms with Crippen molar-refractivity contribution in [1.29, 1.82) is 0 Å². The molecular weight excluding hydrogens is 302 g/mol. The van der Waals surface area contributed by atoms with Crippen molar-refractivity contribution >= 4 is 22.9 Å². The second kappa shape index (κ2) is 6.95. The first-order valence-corrected chi connectivity index (χ1v) is 8.12. The van der Waals surface area contributed by atoms with Crippen LogP contribution in [-0.2, 0) is 0 Å². The molecule has 0 atom stereocenters. The molecule has 0 aliphatic heterocycles. The highest BCUT2D eigenvalue weighted by Crippen LogP contribution is 2.13. The molecule has 3 aromatic rings. The van der Waals surface area contributed by atoms with Gasteiger partial charge in [0.2, 0.25) is 0 Å². The van der Waals surface area contributed by atoms with Crippen LogP contribution in [0.25, 0.3) is 0 Å². The zero-order chi connectivity index (χ0) is 16.1. The maximum absolute atomic E-state index is 12.3. The Morgan fingerprint density at radius 3 is 2.65 bits per heavy atom. The summed E-state index contributed by atoms with van der Waals surface area (Å²) in [6, 6.07) is 19.1. The lowest BCUT2D eigenvalue weighted by molar-refractivity contribution is 0.102. The summed E-state index contributed by atoms with van der Waals surface area (Å²) in [5.41, 5.74) is 3.34. The SMILES string of the molecule is Cc1cccc(C(=O)Nc2cccc(C#Cc3cccs3)c2)c1. The number of thiophene rings is 1. The number of hydrogen-bond acceptors (Lipinski definition) is 2. The number of anilines is 1. The Morgan fingerprint density at radius 1 is 1.00 bits per heavy atom. The van der Waals surface area contributed by atoms with Gasteiger partial charge in [-0.3, -0.25) is 4.79 Å². The second-order valence-electron chi connectivity index (χ2n) is 5.13. The minimum absolute atomic E-state index is 0.114. The number of carbonyl (C=O) groups is 1. The third-order valence-electron chi connectivity index (χ3n) is 3.25. The van der Waals surface area contributed by atoms with Gasteiger partial charge in [0.15, 0.2) is 0 Å². The van der Waals surface area contributed by atoms with Crippen LogP contribution in [0.2, 0.25) is 0 Å². The first kappa shape index (κ1) is 15.1. The average molecular weight is 317 g/mol. The summed E-state index contributed by atoms with van der Waals surface area (Å²) in [5, 5.41) is 4.92. The van der Waals surface area contributed by atoms with E-state index in [0.717, 1.165) is 21.7 Å². The summed E-state index contributed by atoms with van der Waals surface area (Å²) in [7, 11) is 0. The van der Waals surface area contributed by atoms with E-state index < -0.39 is 0 Å². The van der Waals surface area contributed by atoms with Crippen molar-refractivity contribution in [2.24, 2.45) is 0 Å². The summed E-state index contributed by atoms with van der Waals surface area (Å²) in [6.45, 7) is 1.97. The fraction of sp³-hybridized carbons (Fsp3) is 0.0500. The van der Waals surface area contributed by atoms with Crippen LogP contribution in [0.1, 0.15) is 26.4 Å². The Hall–Kier alpha value is -2.83. The van der Waals surface area contributed by atoms with Gasteiger partial charge in [-0.05, 0) is 48.7 Å². The van der Waals surface area contributed by atoms with Gasteiger partial charge >= 0.3 is 0 Å². The smallest absolute Gasteiger partial charge is 0.255 e. The van der Waals surface area contributed by atoms with Crippen molar-refractivity contribution in [3.8, 4) is 11.8 Å². The summed E-state index contributed by atoms with van der Waals surface area (Å²) in [5.74, 6) is 6.12. The second-order valence-corrected chi connectivity index (χ2v) is 6.08. The third-order valence-corrected chi connectivity index (χ3v) is 4.04. The fourth-order valence-corrected chi connectivity index (χ4v) is 2.72. The summed E-state index contributed by atoms with van der Waals surface area (Å²) >= 11 is 1.61. The van der Waals surface area contributed by atoms with Crippen LogP contribution in [0.15, 0.2) is 66.0 Å². The van der Waals surface area contributed by atoms with Gasteiger partial charge in [0.1, 0.15) is 0 Å². The maximum Gasteiger partial charge on any atom is 0.255 e. The highest BCUT2D eigenvalue weighted by molar-refractivity contribution is 7.10. The molecule has 1 aromatic heterocycles. The third kappa shape index (κ3) is 4.09. The lowest BCUT2D eigenvalue weighted by Gasteiger charge is -2.06. The standard InChI is InChI=1S/C20H15NOS/c1-15-5-2-7-17(13-15)20(22)21-18-8-3-6-16(14-18)10-11-19-9-4-12-23-19/h2-9,12-14H,1H3,(H,21,22). The zero-order valence-electron chi connectivity index (χ0n) is 12.7. The first-order chi connectivity index (χ1) is 11.2. The molecule has 2 aromatic carbocycles. The Morgan fingerprint density at radius 2 is 1.87 bits per heavy atom. The number of hydrogen-bond donors (Lipinski definition) is 1. The van der Waals surface area contributed by atoms with Crippen LogP contribution in [0.3, 0.4) is 0 Å². The summed E-state index contributed by atoms with van der Waals surface area (Å²) < 4.78 is 0. The highest BCUT2D eigenvalue weighted by Gasteiger charge is 2.06. The van der Waals surface area contributed by atoms with Crippen molar-refractivity contribution < 1.29 is 4.79 Å². The Bertz CT molecular complexity index is 885. The van der Waals surface area contributed by atoms with E-state index >= 15 is 0 Å². The molecule has 0 bridgehead atoms. The molecule has 3 heteroatoms. The van der Waals surface area contributed by atoms with Gasteiger partial charge in [0, 0.05) is 16.8 Å². The molecule has 0 fully saturated rings. The van der Waals surface area contributed by atoms with Crippen molar-refractivity contribution in [1.82, 2.24) is 0 Å². The molecule has 0 saturated heterocycles. The highest BCUT2D eigenvalue weighted by atomic mass is 32.1. The monoisotopic (exact) mass is 317 g/mol. The van der Waals surface area contributed by atoms with E-state index in [2.05, 4.69) is 17.2 Å². The first-order valence-electron chi connectivity index (χ1n) is 7.24. The van der Waals surface area contributed by atoms with E-state index in [9.17, 15) is 4.79 Å². The quantitative estimate of drug-likeness (QED) is 0.682. The number of carbonyl (C=O) groups excluding carboxylic acids is 1. The van der Waals surface area contributed by atoms with Crippen LogP contribution in [0.5, 0.6) is 0 Å². The van der Waals surface area contributed by atoms with E-state index in [4.69, 9.17) is 0 Å². The molecule has 0 spiro atoms. The number of nitrogens with one attached hydrogen (secondary N) is 1. The van der Waals surface area contributed by atoms with E-state index in [-0.39, 0.29) is 5.91 Å². The fourth-order valence-electron chi connectivity index (χ4n) is 2.15. The predicted octanol–water partition coefficient (Wildman–Crippen LogP) is 4.71. The van der Waals surface area contributed by atoms with E-state index in [0.29, 0.717) is 5.56 Å². The normalized spacial score (nSPS) is 9.78. The molecule has 0 radical (unpaired) electrons. The van der Waals surface area contributed by atoms with Crippen molar-refractivity contribution in [3.05, 3.63) is 87.6 Å². The molecule has 112 valence electrons. The van der Waals surface area contributed by atoms with Crippen molar-refractivity contribution in [3.63, 3.8) is 0 Å². The summed E-state index contributed by atoms with van der Waals surface area (Å²) in [4.78, 5) is 13.3. The van der Waals surface area contributed by atoms with Crippen molar-refractivity contribution in [2.75, 3.05) is 5.32 Å². The molecule has 1 heterocycles. The Labute approximate surface area is 139 Å². The van der Waals surface area contributed by atoms with Gasteiger partial charge in [-0.1, -0.05) is 41.7 Å². The van der Waals surface area contributed by atoms with Gasteiger partial charge in [0.25, 0.3) is 5.91 Å². The van der Waals surface area contributed by atoms with E-state index in [1.807, 2.05) is 73.0 Å². The molecule has 3 rings (SSSR count). The number of aryl methyl sites for hydroxylation is 1. The van der Waals surface area contributed by atoms with Gasteiger partial charge in [-0.15, -0.1) is 11.3 Å². The topological polar surface area (TPSA) is 29.1 Å². The van der Waals surface area contributed by atoms with Crippen LogP contribution in [0.4, 0.5) is 5.69 Å². The van der Waals surface area contributed by atoms with Crippen LogP contribution >= 0.6 is 11.3 Å². The molecule has 0 aliphatic rings. The zero-order valence-corrected chi connectivity index (χ0v) is 13.5. The van der Waals surface area contributed by atoms with Gasteiger partial charge < -0.3 is 5.32 Å². The van der Waals surface area contributed by atoms with Gasteiger partial charge in [0.05, 0.1) is 4.88 Å². The molecule has 1 amide bonds. The van der Waals surface area contributed by atoms with Crippen molar-refractivity contribution in [2.45, 2.75) is 6.92 Å². The Balaban J connectivity index is 1.76. The van der Waals surface area contributed by atoms with E-state index in [1.54, 1.807) is 11.3 Å². The van der Waals surface area contributed by atoms with Gasteiger partial charge in [-0.2, -0.15) is 0 Å². The number of benzene rings is 2. The lowest BCUT2D eigenvalue weighted by Crippen LogP contribution is -2.11. The van der Waals surface area contributed by atoms with Crippen LogP contribution in [-0.4, -0.2) is 5.91 Å². The molecule has 1 N–H and O–H groups in total. The molecule has 0 aliphatic carbocycles. The molecular formula is C20H15NOS. The largest absolute Gasteiger partial charge is 0.322 e.